The number of nitrogens with one attached hydrogen (secondary N) is 2. The Morgan fingerprint density at radius 1 is 1.17 bits per heavy atom. The molecule has 0 atom stereocenters. The predicted octanol–water partition coefficient (Wildman–Crippen LogP) is 4.48. The smallest absolute Gasteiger partial charge is 0.264 e. The van der Waals surface area contributed by atoms with Crippen LogP contribution in [0.2, 0.25) is 5.02 Å². The van der Waals surface area contributed by atoms with Gasteiger partial charge >= 0.3 is 0 Å². The predicted molar refractivity (Wildman–Crippen MR) is 118 cm³/mol. The minimum Gasteiger partial charge on any atom is -0.355 e. The maximum absolute atomic E-state index is 13.2. The highest BCUT2D eigenvalue weighted by molar-refractivity contribution is 7.18. The van der Waals surface area contributed by atoms with Crippen LogP contribution in [0.4, 0.5) is 9.39 Å². The molecule has 6 nitrogen and oxygen atoms in total. The van der Waals surface area contributed by atoms with Gasteiger partial charge in [0, 0.05) is 13.1 Å². The van der Waals surface area contributed by atoms with Crippen LogP contribution in [0.1, 0.15) is 52.3 Å². The number of carbonyl (C=O) groups excluding carboxylic acids is 3. The van der Waals surface area contributed by atoms with Crippen molar-refractivity contribution in [1.82, 2.24) is 10.2 Å². The number of anilines is 1. The largest absolute Gasteiger partial charge is 0.355 e. The van der Waals surface area contributed by atoms with Gasteiger partial charge in [-0.3, -0.25) is 14.4 Å². The average molecular weight is 454 g/mol. The van der Waals surface area contributed by atoms with Gasteiger partial charge in [0.25, 0.3) is 11.8 Å². The number of thiophene rings is 1. The SMILES string of the molecule is CCCNC(=O)CN(CCC)C(=O)c1sc(NC(=O)c2ccc(F)cc2Cl)cc1C. The molecule has 2 rings (SSSR count). The number of hydrogen-bond acceptors (Lipinski definition) is 4. The standard InChI is InChI=1S/C21H25ClFN3O3S/c1-4-8-24-17(27)12-26(9-5-2)21(29)19-13(3)10-18(30-19)25-20(28)15-7-6-14(23)11-16(15)22/h6-7,10-11H,4-5,8-9,12H2,1-3H3,(H,24,27)(H,25,28). The first-order valence-electron chi connectivity index (χ1n) is 9.69. The fraction of sp³-hybridized carbons (Fsp3) is 0.381. The Balaban J connectivity index is 2.15. The van der Waals surface area contributed by atoms with Gasteiger partial charge in [0.15, 0.2) is 0 Å². The van der Waals surface area contributed by atoms with Crippen LogP contribution in [0.3, 0.4) is 0 Å². The Kier molecular flexibility index (Phi) is 8.80. The molecule has 0 saturated heterocycles. The highest BCUT2D eigenvalue weighted by Gasteiger charge is 2.23. The molecule has 0 aliphatic rings. The minimum atomic E-state index is -0.532. The van der Waals surface area contributed by atoms with Crippen LogP contribution in [0.5, 0.6) is 0 Å². The number of carbonyl (C=O) groups is 3. The van der Waals surface area contributed by atoms with E-state index in [1.165, 1.54) is 11.0 Å². The summed E-state index contributed by atoms with van der Waals surface area (Å²) in [7, 11) is 0. The van der Waals surface area contributed by atoms with E-state index in [1.807, 2.05) is 13.8 Å². The van der Waals surface area contributed by atoms with Gasteiger partial charge in [-0.25, -0.2) is 4.39 Å². The molecule has 0 aliphatic carbocycles. The zero-order valence-corrected chi connectivity index (χ0v) is 18.8. The highest BCUT2D eigenvalue weighted by Crippen LogP contribution is 2.29. The van der Waals surface area contributed by atoms with E-state index in [-0.39, 0.29) is 28.9 Å². The summed E-state index contributed by atoms with van der Waals surface area (Å²) in [5.74, 6) is -1.49. The Morgan fingerprint density at radius 2 is 1.90 bits per heavy atom. The lowest BCUT2D eigenvalue weighted by molar-refractivity contribution is -0.121. The Hall–Kier alpha value is -2.45. The summed E-state index contributed by atoms with van der Waals surface area (Å²) in [6.07, 6.45) is 1.53. The Labute approximate surface area is 184 Å². The molecule has 162 valence electrons. The summed E-state index contributed by atoms with van der Waals surface area (Å²) in [5.41, 5.74) is 0.831. The summed E-state index contributed by atoms with van der Waals surface area (Å²) in [6.45, 7) is 6.65. The van der Waals surface area contributed by atoms with Gasteiger partial charge in [-0.1, -0.05) is 25.4 Å². The lowest BCUT2D eigenvalue weighted by atomic mass is 10.2. The van der Waals surface area contributed by atoms with Gasteiger partial charge in [0.05, 0.1) is 27.0 Å². The molecule has 1 aromatic carbocycles. The third-order valence-electron chi connectivity index (χ3n) is 4.21. The number of rotatable bonds is 9. The van der Waals surface area contributed by atoms with Crippen molar-refractivity contribution in [3.8, 4) is 0 Å². The molecule has 30 heavy (non-hydrogen) atoms. The summed E-state index contributed by atoms with van der Waals surface area (Å²) in [4.78, 5) is 39.5. The van der Waals surface area contributed by atoms with Crippen LogP contribution < -0.4 is 10.6 Å². The number of benzene rings is 1. The topological polar surface area (TPSA) is 78.5 Å². The van der Waals surface area contributed by atoms with Crippen molar-refractivity contribution in [3.05, 3.63) is 51.1 Å². The normalized spacial score (nSPS) is 10.6. The lowest BCUT2D eigenvalue weighted by Crippen LogP contribution is -2.41. The van der Waals surface area contributed by atoms with Crippen molar-refractivity contribution in [3.63, 3.8) is 0 Å². The molecule has 0 radical (unpaired) electrons. The summed E-state index contributed by atoms with van der Waals surface area (Å²) in [6, 6.07) is 5.21. The van der Waals surface area contributed by atoms with Crippen LogP contribution >= 0.6 is 22.9 Å². The van der Waals surface area contributed by atoms with Gasteiger partial charge < -0.3 is 15.5 Å². The summed E-state index contributed by atoms with van der Waals surface area (Å²) < 4.78 is 13.2. The number of hydrogen-bond donors (Lipinski definition) is 2. The van der Waals surface area contributed by atoms with Crippen LogP contribution in [0.15, 0.2) is 24.3 Å². The van der Waals surface area contributed by atoms with Gasteiger partial charge in [0.2, 0.25) is 5.91 Å². The molecule has 0 spiro atoms. The minimum absolute atomic E-state index is 0.00397. The number of amides is 3. The molecule has 2 N–H and O–H groups in total. The molecule has 9 heteroatoms. The molecule has 0 unspecified atom stereocenters. The lowest BCUT2D eigenvalue weighted by Gasteiger charge is -2.21. The van der Waals surface area contributed by atoms with Crippen LogP contribution in [-0.2, 0) is 4.79 Å². The van der Waals surface area contributed by atoms with Crippen molar-refractivity contribution >= 4 is 45.7 Å². The second-order valence-electron chi connectivity index (χ2n) is 6.78. The van der Waals surface area contributed by atoms with Gasteiger partial charge in [-0.2, -0.15) is 0 Å². The first-order chi connectivity index (χ1) is 14.3. The van der Waals surface area contributed by atoms with E-state index in [9.17, 15) is 18.8 Å². The third-order valence-corrected chi connectivity index (χ3v) is 5.67. The molecule has 2 aromatic rings. The molecule has 0 bridgehead atoms. The summed E-state index contributed by atoms with van der Waals surface area (Å²) >= 11 is 7.07. The Bertz CT molecular complexity index is 932. The molecule has 1 heterocycles. The number of halogens is 2. The van der Waals surface area contributed by atoms with E-state index in [2.05, 4.69) is 10.6 Å². The number of nitrogens with zero attached hydrogens (tertiary/aromatic N) is 1. The molecular weight excluding hydrogens is 429 g/mol. The maximum Gasteiger partial charge on any atom is 0.264 e. The van der Waals surface area contributed by atoms with Crippen molar-refractivity contribution in [2.24, 2.45) is 0 Å². The zero-order valence-electron chi connectivity index (χ0n) is 17.2. The van der Waals surface area contributed by atoms with Crippen molar-refractivity contribution in [2.45, 2.75) is 33.6 Å². The Morgan fingerprint density at radius 3 is 2.53 bits per heavy atom. The first kappa shape index (κ1) is 23.8. The second kappa shape index (κ2) is 11.1. The molecule has 1 aromatic heterocycles. The van der Waals surface area contributed by atoms with Crippen LogP contribution in [0.25, 0.3) is 0 Å². The molecule has 0 saturated carbocycles. The fourth-order valence-electron chi connectivity index (χ4n) is 2.77. The fourth-order valence-corrected chi connectivity index (χ4v) is 4.06. The van der Waals surface area contributed by atoms with Crippen molar-refractivity contribution < 1.29 is 18.8 Å². The molecule has 0 fully saturated rings. The molecular formula is C21H25ClFN3O3S. The quantitative estimate of drug-likeness (QED) is 0.587. The molecule has 3 amide bonds. The van der Waals surface area contributed by atoms with E-state index in [4.69, 9.17) is 11.6 Å². The van der Waals surface area contributed by atoms with E-state index in [0.717, 1.165) is 29.9 Å². The van der Waals surface area contributed by atoms with Crippen molar-refractivity contribution in [1.29, 1.82) is 0 Å². The van der Waals surface area contributed by atoms with Gasteiger partial charge in [0.1, 0.15) is 5.82 Å². The summed E-state index contributed by atoms with van der Waals surface area (Å²) in [5, 5.41) is 5.94. The van der Waals surface area contributed by atoms with Gasteiger partial charge in [-0.15, -0.1) is 11.3 Å². The van der Waals surface area contributed by atoms with E-state index in [0.29, 0.717) is 35.0 Å². The maximum atomic E-state index is 13.2. The van der Waals surface area contributed by atoms with Crippen LogP contribution in [0, 0.1) is 12.7 Å². The molecule has 0 aliphatic heterocycles. The monoisotopic (exact) mass is 453 g/mol. The van der Waals surface area contributed by atoms with Crippen LogP contribution in [-0.4, -0.2) is 42.3 Å². The van der Waals surface area contributed by atoms with E-state index in [1.54, 1.807) is 13.0 Å². The van der Waals surface area contributed by atoms with E-state index >= 15 is 0 Å². The average Bonchev–Trinajstić information content (AvgIpc) is 3.05. The zero-order chi connectivity index (χ0) is 22.3. The third kappa shape index (κ3) is 6.27. The first-order valence-corrected chi connectivity index (χ1v) is 10.9. The second-order valence-corrected chi connectivity index (χ2v) is 8.24. The van der Waals surface area contributed by atoms with Crippen molar-refractivity contribution in [2.75, 3.05) is 25.0 Å². The number of aryl methyl sites for hydroxylation is 1. The van der Waals surface area contributed by atoms with Gasteiger partial charge in [-0.05, 0) is 49.6 Å². The van der Waals surface area contributed by atoms with E-state index < -0.39 is 11.7 Å². The highest BCUT2D eigenvalue weighted by atomic mass is 35.5.